The van der Waals surface area contributed by atoms with Gasteiger partial charge in [-0.15, -0.1) is 0 Å². The zero-order chi connectivity index (χ0) is 29.2. The van der Waals surface area contributed by atoms with Crippen LogP contribution in [0.2, 0.25) is 5.02 Å². The Morgan fingerprint density at radius 3 is 2.03 bits per heavy atom. The van der Waals surface area contributed by atoms with Crippen molar-refractivity contribution < 1.29 is 31.2 Å². The molecule has 2 amide bonds. The molecule has 7 nitrogen and oxygen atoms in total. The molecule has 3 rings (SSSR count). The van der Waals surface area contributed by atoms with E-state index < -0.39 is 39.2 Å². The first-order chi connectivity index (χ1) is 17.9. The van der Waals surface area contributed by atoms with Gasteiger partial charge in [0.25, 0.3) is 5.91 Å². The zero-order valence-corrected chi connectivity index (χ0v) is 23.1. The lowest BCUT2D eigenvalue weighted by Gasteiger charge is -2.23. The predicted molar refractivity (Wildman–Crippen MR) is 147 cm³/mol. The Morgan fingerprint density at radius 1 is 0.897 bits per heavy atom. The Bertz CT molecular complexity index is 1490. The normalized spacial score (nSPS) is 12.1. The molecule has 3 aromatic carbocycles. The van der Waals surface area contributed by atoms with Gasteiger partial charge in [-0.05, 0) is 59.5 Å². The lowest BCUT2D eigenvalue weighted by atomic mass is 9.87. The Balaban J connectivity index is 1.74. The van der Waals surface area contributed by atoms with Crippen LogP contribution in [-0.2, 0) is 26.4 Å². The Morgan fingerprint density at radius 2 is 1.49 bits per heavy atom. The molecule has 0 fully saturated rings. The fraction of sp³-hybridized carbons (Fsp3) is 0.259. The maximum absolute atomic E-state index is 13.3. The molecule has 208 valence electrons. The van der Waals surface area contributed by atoms with Crippen molar-refractivity contribution in [3.63, 3.8) is 0 Å². The summed E-state index contributed by atoms with van der Waals surface area (Å²) in [6.45, 7) is 5.39. The number of hydrogen-bond acceptors (Lipinski definition) is 4. The van der Waals surface area contributed by atoms with Crippen molar-refractivity contribution in [1.82, 2.24) is 0 Å². The van der Waals surface area contributed by atoms with Gasteiger partial charge < -0.3 is 10.6 Å². The van der Waals surface area contributed by atoms with Crippen molar-refractivity contribution >= 4 is 50.5 Å². The van der Waals surface area contributed by atoms with E-state index in [1.165, 1.54) is 12.1 Å². The molecule has 0 heterocycles. The number of nitrogens with zero attached hydrogens (tertiary/aromatic N) is 1. The van der Waals surface area contributed by atoms with Crippen LogP contribution >= 0.6 is 11.6 Å². The maximum Gasteiger partial charge on any atom is 0.417 e. The topological polar surface area (TPSA) is 95.6 Å². The second-order valence-corrected chi connectivity index (χ2v) is 12.2. The van der Waals surface area contributed by atoms with Crippen LogP contribution < -0.4 is 14.9 Å². The Kier molecular flexibility index (Phi) is 8.66. The predicted octanol–water partition coefficient (Wildman–Crippen LogP) is 6.31. The van der Waals surface area contributed by atoms with Crippen LogP contribution in [0.4, 0.5) is 30.2 Å². The first kappa shape index (κ1) is 30.0. The number of amides is 2. The minimum atomic E-state index is -4.82. The molecule has 0 saturated carbocycles. The number of nitrogens with one attached hydrogen (secondary N) is 2. The summed E-state index contributed by atoms with van der Waals surface area (Å²) in [5.41, 5.74) is 0.437. The molecule has 0 spiro atoms. The first-order valence-electron chi connectivity index (χ1n) is 11.6. The molecular weight excluding hydrogens is 555 g/mol. The number of carbonyl (C=O) groups excluding carboxylic acids is 2. The van der Waals surface area contributed by atoms with E-state index >= 15 is 0 Å². The number of sulfonamides is 1. The molecular formula is C27H27ClF3N3O4S. The highest BCUT2D eigenvalue weighted by Gasteiger charge is 2.34. The van der Waals surface area contributed by atoms with Gasteiger partial charge in [0.15, 0.2) is 0 Å². The fourth-order valence-electron chi connectivity index (χ4n) is 3.62. The van der Waals surface area contributed by atoms with Crippen molar-refractivity contribution in [2.45, 2.75) is 32.4 Å². The molecule has 0 aromatic heterocycles. The van der Waals surface area contributed by atoms with Crippen molar-refractivity contribution in [3.05, 3.63) is 88.4 Å². The molecule has 0 saturated heterocycles. The van der Waals surface area contributed by atoms with Gasteiger partial charge in [0.05, 0.1) is 22.5 Å². The first-order valence-corrected chi connectivity index (χ1v) is 13.8. The molecule has 0 atom stereocenters. The molecule has 0 bridgehead atoms. The van der Waals surface area contributed by atoms with E-state index in [2.05, 4.69) is 31.4 Å². The highest BCUT2D eigenvalue weighted by Crippen LogP contribution is 2.37. The van der Waals surface area contributed by atoms with Gasteiger partial charge >= 0.3 is 6.18 Å². The van der Waals surface area contributed by atoms with Crippen LogP contribution in [0, 0.1) is 0 Å². The lowest BCUT2D eigenvalue weighted by Crippen LogP contribution is -2.37. The van der Waals surface area contributed by atoms with E-state index in [0.29, 0.717) is 21.6 Å². The van der Waals surface area contributed by atoms with Crippen LogP contribution in [0.5, 0.6) is 0 Å². The van der Waals surface area contributed by atoms with Gasteiger partial charge in [-0.1, -0.05) is 50.6 Å². The van der Waals surface area contributed by atoms with Gasteiger partial charge in [0, 0.05) is 16.9 Å². The Labute approximate surface area is 230 Å². The van der Waals surface area contributed by atoms with Crippen LogP contribution in [0.15, 0.2) is 66.7 Å². The van der Waals surface area contributed by atoms with Gasteiger partial charge in [0.2, 0.25) is 15.9 Å². The van der Waals surface area contributed by atoms with Crippen LogP contribution in [0.3, 0.4) is 0 Å². The second kappa shape index (κ2) is 11.3. The van der Waals surface area contributed by atoms with E-state index in [4.69, 9.17) is 11.6 Å². The summed E-state index contributed by atoms with van der Waals surface area (Å²) in [4.78, 5) is 25.4. The fourth-order valence-corrected chi connectivity index (χ4v) is 4.69. The van der Waals surface area contributed by atoms with Crippen molar-refractivity contribution in [1.29, 1.82) is 0 Å². The monoisotopic (exact) mass is 581 g/mol. The summed E-state index contributed by atoms with van der Waals surface area (Å²) in [6, 6.07) is 15.9. The van der Waals surface area contributed by atoms with Crippen molar-refractivity contribution in [2.75, 3.05) is 27.7 Å². The average molecular weight is 582 g/mol. The number of benzene rings is 3. The summed E-state index contributed by atoms with van der Waals surface area (Å²) >= 11 is 5.63. The second-order valence-electron chi connectivity index (χ2n) is 9.84. The third-order valence-electron chi connectivity index (χ3n) is 5.65. The third-order valence-corrected chi connectivity index (χ3v) is 7.12. The third kappa shape index (κ3) is 7.96. The number of rotatable bonds is 7. The van der Waals surface area contributed by atoms with Gasteiger partial charge in [0.1, 0.15) is 6.54 Å². The summed E-state index contributed by atoms with van der Waals surface area (Å²) < 4.78 is 65.0. The molecule has 0 aliphatic rings. The zero-order valence-electron chi connectivity index (χ0n) is 21.6. The largest absolute Gasteiger partial charge is 0.417 e. The number of halogens is 4. The van der Waals surface area contributed by atoms with Gasteiger partial charge in [-0.25, -0.2) is 8.42 Å². The molecule has 0 unspecified atom stereocenters. The number of anilines is 3. The van der Waals surface area contributed by atoms with E-state index in [0.717, 1.165) is 24.0 Å². The van der Waals surface area contributed by atoms with Crippen LogP contribution in [0.1, 0.15) is 42.3 Å². The van der Waals surface area contributed by atoms with Crippen molar-refractivity contribution in [3.8, 4) is 0 Å². The smallest absolute Gasteiger partial charge is 0.324 e. The molecule has 3 aromatic rings. The molecule has 0 radical (unpaired) electrons. The summed E-state index contributed by atoms with van der Waals surface area (Å²) in [5, 5.41) is 4.63. The molecule has 12 heteroatoms. The number of hydrogen-bond donors (Lipinski definition) is 2. The summed E-state index contributed by atoms with van der Waals surface area (Å²) in [6.07, 6.45) is -4.05. The lowest BCUT2D eigenvalue weighted by molar-refractivity contribution is -0.137. The van der Waals surface area contributed by atoms with Crippen LogP contribution in [0.25, 0.3) is 0 Å². The minimum Gasteiger partial charge on any atom is -0.324 e. The molecule has 0 aliphatic carbocycles. The Hall–Kier alpha value is -3.57. The quantitative estimate of drug-likeness (QED) is 0.342. The SMILES string of the molecule is CC(C)(C)c1ccc(C(=O)Nc2cccc(NC(=O)CN(c3ccc(Cl)c(C(F)(F)F)c3)S(C)(=O)=O)c2)cc1. The molecule has 2 N–H and O–H groups in total. The van der Waals surface area contributed by atoms with Crippen LogP contribution in [-0.4, -0.2) is 33.0 Å². The van der Waals surface area contributed by atoms with E-state index in [1.54, 1.807) is 24.3 Å². The van der Waals surface area contributed by atoms with E-state index in [9.17, 15) is 31.2 Å². The molecule has 0 aliphatic heterocycles. The van der Waals surface area contributed by atoms with Gasteiger partial charge in [-0.3, -0.25) is 13.9 Å². The molecule has 39 heavy (non-hydrogen) atoms. The number of carbonyl (C=O) groups is 2. The van der Waals surface area contributed by atoms with Gasteiger partial charge in [-0.2, -0.15) is 13.2 Å². The van der Waals surface area contributed by atoms with E-state index in [-0.39, 0.29) is 22.7 Å². The summed E-state index contributed by atoms with van der Waals surface area (Å²) in [5.74, 6) is -1.18. The maximum atomic E-state index is 13.3. The standard InChI is InChI=1S/C27H27ClF3N3O4S/c1-26(2,3)18-10-8-17(9-11-18)25(36)33-20-7-5-6-19(14-20)32-24(35)16-34(39(4,37)38)21-12-13-23(28)22(15-21)27(29,30)31/h5-15H,16H2,1-4H3,(H,32,35)(H,33,36). The minimum absolute atomic E-state index is 0.0671. The van der Waals surface area contributed by atoms with Crippen molar-refractivity contribution in [2.24, 2.45) is 0 Å². The summed E-state index contributed by atoms with van der Waals surface area (Å²) in [7, 11) is -4.14. The highest BCUT2D eigenvalue weighted by molar-refractivity contribution is 7.92. The highest BCUT2D eigenvalue weighted by atomic mass is 35.5. The number of alkyl halides is 3. The van der Waals surface area contributed by atoms with E-state index in [1.807, 2.05) is 12.1 Å². The average Bonchev–Trinajstić information content (AvgIpc) is 2.81.